The Labute approximate surface area is 178 Å². The van der Waals surface area contributed by atoms with Gasteiger partial charge in [0, 0.05) is 0 Å². The third-order valence-electron chi connectivity index (χ3n) is 5.85. The Balaban J connectivity index is 1.85. The average molecular weight is 385 g/mol. The maximum absolute atomic E-state index is 2.25. The molecule has 0 heteroatoms. The standard InChI is InChI=1S/C30H24/c1-5-13-23(14-6-1)27-21-22-28(24-15-7-2-8-16-24)30(26-19-11-4-12-20-26)29(27)25-17-9-3-10-18-25/h1-20H,21-22H2. The first kappa shape index (κ1) is 18.4. The van der Waals surface area contributed by atoms with E-state index >= 15 is 0 Å². The molecular formula is C30H24. The molecule has 0 aliphatic heterocycles. The van der Waals surface area contributed by atoms with Crippen LogP contribution in [0.15, 0.2) is 121 Å². The van der Waals surface area contributed by atoms with Gasteiger partial charge in [-0.3, -0.25) is 0 Å². The van der Waals surface area contributed by atoms with Crippen LogP contribution in [0.5, 0.6) is 0 Å². The van der Waals surface area contributed by atoms with Crippen molar-refractivity contribution < 1.29 is 0 Å². The normalized spacial score (nSPS) is 14.1. The molecule has 144 valence electrons. The van der Waals surface area contributed by atoms with Crippen molar-refractivity contribution in [2.24, 2.45) is 0 Å². The summed E-state index contributed by atoms with van der Waals surface area (Å²) >= 11 is 0. The zero-order chi connectivity index (χ0) is 20.2. The van der Waals surface area contributed by atoms with Gasteiger partial charge in [-0.05, 0) is 57.4 Å². The highest BCUT2D eigenvalue weighted by atomic mass is 14.3. The molecule has 0 nitrogen and oxygen atoms in total. The molecule has 0 unspecified atom stereocenters. The molecule has 0 saturated carbocycles. The average Bonchev–Trinajstić information content (AvgIpc) is 2.85. The summed E-state index contributed by atoms with van der Waals surface area (Å²) in [7, 11) is 0. The molecule has 5 rings (SSSR count). The predicted molar refractivity (Wildman–Crippen MR) is 129 cm³/mol. The monoisotopic (exact) mass is 384 g/mol. The number of benzene rings is 4. The Morgan fingerprint density at radius 1 is 0.300 bits per heavy atom. The number of rotatable bonds is 4. The minimum atomic E-state index is 1.04. The largest absolute Gasteiger partial charge is 0.0622 e. The second kappa shape index (κ2) is 8.39. The molecule has 0 fully saturated rings. The Morgan fingerprint density at radius 2 is 0.567 bits per heavy atom. The lowest BCUT2D eigenvalue weighted by Gasteiger charge is -2.28. The first-order chi connectivity index (χ1) is 14.9. The van der Waals surface area contributed by atoms with Crippen molar-refractivity contribution in [3.05, 3.63) is 144 Å². The molecule has 4 aromatic carbocycles. The highest BCUT2D eigenvalue weighted by Crippen LogP contribution is 2.48. The van der Waals surface area contributed by atoms with E-state index in [1.807, 2.05) is 0 Å². The maximum Gasteiger partial charge on any atom is -0.00642 e. The first-order valence-electron chi connectivity index (χ1n) is 10.6. The van der Waals surface area contributed by atoms with Gasteiger partial charge >= 0.3 is 0 Å². The van der Waals surface area contributed by atoms with Gasteiger partial charge in [0.1, 0.15) is 0 Å². The highest BCUT2D eigenvalue weighted by molar-refractivity contribution is 6.23. The highest BCUT2D eigenvalue weighted by Gasteiger charge is 2.25. The topological polar surface area (TPSA) is 0 Å². The van der Waals surface area contributed by atoms with Crippen LogP contribution in [0.1, 0.15) is 35.1 Å². The smallest absolute Gasteiger partial charge is 0.00642 e. The molecule has 0 heterocycles. The predicted octanol–water partition coefficient (Wildman–Crippen LogP) is 8.00. The molecule has 0 amide bonds. The molecule has 1 aliphatic rings. The molecule has 4 aromatic rings. The summed E-state index contributed by atoms with van der Waals surface area (Å²) in [5.41, 5.74) is 10.8. The Morgan fingerprint density at radius 3 is 0.867 bits per heavy atom. The van der Waals surface area contributed by atoms with Gasteiger partial charge in [-0.25, -0.2) is 0 Å². The van der Waals surface area contributed by atoms with Crippen molar-refractivity contribution in [2.45, 2.75) is 12.8 Å². The fraction of sp³-hybridized carbons (Fsp3) is 0.0667. The van der Waals surface area contributed by atoms with Crippen LogP contribution in [-0.2, 0) is 0 Å². The van der Waals surface area contributed by atoms with Crippen LogP contribution in [0, 0.1) is 0 Å². The molecular weight excluding hydrogens is 360 g/mol. The van der Waals surface area contributed by atoms with E-state index in [4.69, 9.17) is 0 Å². The molecule has 1 aliphatic carbocycles. The Bertz CT molecular complexity index is 1080. The van der Waals surface area contributed by atoms with E-state index < -0.39 is 0 Å². The van der Waals surface area contributed by atoms with Crippen molar-refractivity contribution in [2.75, 3.05) is 0 Å². The third-order valence-corrected chi connectivity index (χ3v) is 5.85. The van der Waals surface area contributed by atoms with Gasteiger partial charge in [-0.1, -0.05) is 121 Å². The van der Waals surface area contributed by atoms with Crippen LogP contribution in [0.3, 0.4) is 0 Å². The van der Waals surface area contributed by atoms with Crippen LogP contribution in [0.2, 0.25) is 0 Å². The summed E-state index contributed by atoms with van der Waals surface area (Å²) in [6.45, 7) is 0. The quantitative estimate of drug-likeness (QED) is 0.334. The lowest BCUT2D eigenvalue weighted by molar-refractivity contribution is 1.08. The van der Waals surface area contributed by atoms with Crippen LogP contribution in [-0.4, -0.2) is 0 Å². The van der Waals surface area contributed by atoms with E-state index in [1.165, 1.54) is 44.5 Å². The summed E-state index contributed by atoms with van der Waals surface area (Å²) in [6, 6.07) is 43.5. The Kier molecular flexibility index (Phi) is 5.14. The van der Waals surface area contributed by atoms with Crippen LogP contribution < -0.4 is 0 Å². The van der Waals surface area contributed by atoms with Crippen molar-refractivity contribution >= 4 is 22.3 Å². The number of hydrogen-bond donors (Lipinski definition) is 0. The van der Waals surface area contributed by atoms with E-state index in [0.717, 1.165) is 12.8 Å². The van der Waals surface area contributed by atoms with E-state index in [9.17, 15) is 0 Å². The zero-order valence-corrected chi connectivity index (χ0v) is 17.0. The summed E-state index contributed by atoms with van der Waals surface area (Å²) < 4.78 is 0. The SMILES string of the molecule is c1ccc(C2=C(c3ccccc3)C(c3ccccc3)=C(c3ccccc3)CC2)cc1. The fourth-order valence-electron chi connectivity index (χ4n) is 4.50. The molecule has 0 saturated heterocycles. The summed E-state index contributed by atoms with van der Waals surface area (Å²) in [5, 5.41) is 0. The van der Waals surface area contributed by atoms with E-state index in [-0.39, 0.29) is 0 Å². The molecule has 0 N–H and O–H groups in total. The molecule has 0 radical (unpaired) electrons. The minimum absolute atomic E-state index is 1.04. The van der Waals surface area contributed by atoms with Crippen molar-refractivity contribution in [3.8, 4) is 0 Å². The maximum atomic E-state index is 2.25. The molecule has 0 atom stereocenters. The van der Waals surface area contributed by atoms with Crippen molar-refractivity contribution in [1.82, 2.24) is 0 Å². The molecule has 0 aromatic heterocycles. The van der Waals surface area contributed by atoms with E-state index in [0.29, 0.717) is 0 Å². The summed E-state index contributed by atoms with van der Waals surface area (Å²) in [6.07, 6.45) is 2.07. The zero-order valence-electron chi connectivity index (χ0n) is 17.0. The summed E-state index contributed by atoms with van der Waals surface area (Å²) in [4.78, 5) is 0. The lowest BCUT2D eigenvalue weighted by atomic mass is 9.75. The van der Waals surface area contributed by atoms with Gasteiger partial charge in [0.2, 0.25) is 0 Å². The van der Waals surface area contributed by atoms with Gasteiger partial charge in [-0.15, -0.1) is 0 Å². The van der Waals surface area contributed by atoms with Gasteiger partial charge in [0.15, 0.2) is 0 Å². The second-order valence-corrected chi connectivity index (χ2v) is 7.67. The van der Waals surface area contributed by atoms with Gasteiger partial charge < -0.3 is 0 Å². The summed E-state index contributed by atoms with van der Waals surface area (Å²) in [5.74, 6) is 0. The van der Waals surface area contributed by atoms with E-state index in [2.05, 4.69) is 121 Å². The third kappa shape index (κ3) is 3.53. The molecule has 0 spiro atoms. The lowest BCUT2D eigenvalue weighted by Crippen LogP contribution is -2.05. The minimum Gasteiger partial charge on any atom is -0.0622 e. The Hall–Kier alpha value is -3.64. The molecule has 0 bridgehead atoms. The van der Waals surface area contributed by atoms with Crippen molar-refractivity contribution in [1.29, 1.82) is 0 Å². The van der Waals surface area contributed by atoms with Crippen molar-refractivity contribution in [3.63, 3.8) is 0 Å². The second-order valence-electron chi connectivity index (χ2n) is 7.67. The van der Waals surface area contributed by atoms with E-state index in [1.54, 1.807) is 0 Å². The van der Waals surface area contributed by atoms with Crippen LogP contribution in [0.25, 0.3) is 22.3 Å². The van der Waals surface area contributed by atoms with Crippen LogP contribution >= 0.6 is 0 Å². The first-order valence-corrected chi connectivity index (χ1v) is 10.6. The number of hydrogen-bond acceptors (Lipinski definition) is 0. The molecule has 30 heavy (non-hydrogen) atoms. The van der Waals surface area contributed by atoms with Crippen LogP contribution in [0.4, 0.5) is 0 Å². The van der Waals surface area contributed by atoms with Gasteiger partial charge in [0.05, 0.1) is 0 Å². The van der Waals surface area contributed by atoms with Gasteiger partial charge in [0.25, 0.3) is 0 Å². The van der Waals surface area contributed by atoms with Gasteiger partial charge in [-0.2, -0.15) is 0 Å². The number of allylic oxidation sites excluding steroid dienone is 4. The fourth-order valence-corrected chi connectivity index (χ4v) is 4.50.